The molecule has 1 aliphatic heterocycles. The molecule has 0 spiro atoms. The minimum atomic E-state index is -0.653. The molecule has 1 unspecified atom stereocenters. The van der Waals surface area contributed by atoms with Gasteiger partial charge in [0.1, 0.15) is 12.3 Å². The van der Waals surface area contributed by atoms with Gasteiger partial charge in [-0.25, -0.2) is 4.98 Å². The molecule has 156 valence electrons. The molecule has 0 fully saturated rings. The Morgan fingerprint density at radius 2 is 2.10 bits per heavy atom. The van der Waals surface area contributed by atoms with Crippen LogP contribution in [0.25, 0.3) is 11.3 Å². The lowest BCUT2D eigenvalue weighted by Gasteiger charge is -2.32. The summed E-state index contributed by atoms with van der Waals surface area (Å²) in [7, 11) is 3.23. The smallest absolute Gasteiger partial charge is 0.268 e. The Morgan fingerprint density at radius 3 is 2.86 bits per heavy atom. The van der Waals surface area contributed by atoms with Crippen LogP contribution in [0.4, 0.5) is 5.69 Å². The summed E-state index contributed by atoms with van der Waals surface area (Å²) in [6.45, 7) is 3.01. The van der Waals surface area contributed by atoms with Crippen LogP contribution in [0.2, 0.25) is 0 Å². The van der Waals surface area contributed by atoms with Gasteiger partial charge in [-0.1, -0.05) is 0 Å². The van der Waals surface area contributed by atoms with Crippen LogP contribution in [0.3, 0.4) is 0 Å². The van der Waals surface area contributed by atoms with Crippen LogP contribution in [0.1, 0.15) is 11.9 Å². The number of fused-ring (bicyclic) bond motifs is 1. The highest BCUT2D eigenvalue weighted by Gasteiger charge is 2.33. The maximum absolute atomic E-state index is 12.7. The van der Waals surface area contributed by atoms with E-state index in [0.717, 1.165) is 22.7 Å². The van der Waals surface area contributed by atoms with Crippen molar-refractivity contribution in [1.29, 1.82) is 0 Å². The van der Waals surface area contributed by atoms with E-state index in [9.17, 15) is 9.59 Å². The molecule has 1 N–H and O–H groups in total. The van der Waals surface area contributed by atoms with Gasteiger partial charge in [-0.2, -0.15) is 0 Å². The molecule has 1 aromatic heterocycles. The predicted octanol–water partition coefficient (Wildman–Crippen LogP) is 1.88. The van der Waals surface area contributed by atoms with Gasteiger partial charge in [0.05, 0.1) is 29.6 Å². The number of benzene rings is 1. The van der Waals surface area contributed by atoms with Gasteiger partial charge in [-0.15, -0.1) is 11.3 Å². The first-order chi connectivity index (χ1) is 14.0. The van der Waals surface area contributed by atoms with E-state index in [1.54, 1.807) is 32.5 Å². The molecule has 0 bridgehead atoms. The van der Waals surface area contributed by atoms with Crippen molar-refractivity contribution in [3.63, 3.8) is 0 Å². The topological polar surface area (TPSA) is 90.0 Å². The monoisotopic (exact) mass is 419 g/mol. The van der Waals surface area contributed by atoms with Crippen LogP contribution in [0, 0.1) is 0 Å². The Labute approximate surface area is 173 Å². The van der Waals surface area contributed by atoms with Crippen LogP contribution < -0.4 is 15.0 Å². The first kappa shape index (κ1) is 21.2. The Bertz CT molecular complexity index is 870. The van der Waals surface area contributed by atoms with E-state index < -0.39 is 6.10 Å². The van der Waals surface area contributed by atoms with Gasteiger partial charge >= 0.3 is 0 Å². The molecule has 0 aliphatic carbocycles. The number of amides is 2. The average molecular weight is 420 g/mol. The molecular formula is C20H25N3O5S. The molecule has 0 saturated carbocycles. The summed E-state index contributed by atoms with van der Waals surface area (Å²) in [5.74, 6) is 0.0624. The van der Waals surface area contributed by atoms with E-state index in [2.05, 4.69) is 10.3 Å². The number of ether oxygens (including phenoxy) is 3. The maximum atomic E-state index is 12.7. The molecule has 3 rings (SSSR count). The number of nitrogens with one attached hydrogen (secondary N) is 1. The van der Waals surface area contributed by atoms with Crippen LogP contribution in [-0.2, 0) is 25.5 Å². The lowest BCUT2D eigenvalue weighted by atomic mass is 10.1. The van der Waals surface area contributed by atoms with Crippen LogP contribution in [0.15, 0.2) is 23.6 Å². The van der Waals surface area contributed by atoms with Crippen molar-refractivity contribution in [2.24, 2.45) is 0 Å². The minimum Gasteiger partial charge on any atom is -0.479 e. The molecule has 2 heterocycles. The highest BCUT2D eigenvalue weighted by Crippen LogP contribution is 2.37. The van der Waals surface area contributed by atoms with Crippen LogP contribution >= 0.6 is 11.3 Å². The third-order valence-electron chi connectivity index (χ3n) is 4.46. The average Bonchev–Trinajstić information content (AvgIpc) is 3.19. The van der Waals surface area contributed by atoms with Gasteiger partial charge in [-0.3, -0.25) is 14.5 Å². The number of carbonyl (C=O) groups excluding carboxylic acids is 2. The fourth-order valence-electron chi connectivity index (χ4n) is 2.97. The molecule has 1 aliphatic rings. The summed E-state index contributed by atoms with van der Waals surface area (Å²) < 4.78 is 15.8. The molecule has 9 heteroatoms. The largest absolute Gasteiger partial charge is 0.479 e. The normalized spacial score (nSPS) is 15.8. The number of rotatable bonds is 9. The van der Waals surface area contributed by atoms with E-state index >= 15 is 0 Å². The number of thiazole rings is 1. The summed E-state index contributed by atoms with van der Waals surface area (Å²) in [5.41, 5.74) is 2.25. The first-order valence-electron chi connectivity index (χ1n) is 9.35. The second kappa shape index (κ2) is 9.82. The first-order valence-corrected chi connectivity index (χ1v) is 10.2. The Hall–Kier alpha value is -2.49. The summed E-state index contributed by atoms with van der Waals surface area (Å²) >= 11 is 1.57. The third kappa shape index (κ3) is 5.11. The van der Waals surface area contributed by atoms with Gasteiger partial charge in [-0.05, 0) is 25.1 Å². The van der Waals surface area contributed by atoms with E-state index in [0.29, 0.717) is 31.2 Å². The van der Waals surface area contributed by atoms with Crippen molar-refractivity contribution in [2.45, 2.75) is 19.4 Å². The minimum absolute atomic E-state index is 0.0805. The fourth-order valence-corrected chi connectivity index (χ4v) is 3.76. The number of methoxy groups -OCH3 is 2. The Balaban J connectivity index is 1.83. The number of aromatic nitrogens is 1. The quantitative estimate of drug-likeness (QED) is 0.624. The van der Waals surface area contributed by atoms with E-state index in [1.807, 2.05) is 23.6 Å². The lowest BCUT2D eigenvalue weighted by molar-refractivity contribution is -0.128. The zero-order valence-corrected chi connectivity index (χ0v) is 17.6. The molecule has 2 aromatic rings. The zero-order chi connectivity index (χ0) is 20.8. The van der Waals surface area contributed by atoms with E-state index in [-0.39, 0.29) is 18.4 Å². The molecule has 2 amide bonds. The van der Waals surface area contributed by atoms with Gasteiger partial charge in [0.2, 0.25) is 5.91 Å². The third-order valence-corrected chi connectivity index (χ3v) is 5.37. The summed E-state index contributed by atoms with van der Waals surface area (Å²) in [4.78, 5) is 31.1. The van der Waals surface area contributed by atoms with Crippen molar-refractivity contribution in [3.05, 3.63) is 28.6 Å². The second-order valence-corrected chi connectivity index (χ2v) is 7.52. The zero-order valence-electron chi connectivity index (χ0n) is 16.8. The van der Waals surface area contributed by atoms with Crippen molar-refractivity contribution in [1.82, 2.24) is 10.3 Å². The van der Waals surface area contributed by atoms with E-state index in [1.165, 1.54) is 4.90 Å². The highest BCUT2D eigenvalue weighted by atomic mass is 32.1. The van der Waals surface area contributed by atoms with Gasteiger partial charge < -0.3 is 19.5 Å². The molecule has 1 aromatic carbocycles. The van der Waals surface area contributed by atoms with Crippen molar-refractivity contribution in [2.75, 3.05) is 45.4 Å². The number of hydrogen-bond acceptors (Lipinski definition) is 7. The second-order valence-electron chi connectivity index (χ2n) is 6.58. The summed E-state index contributed by atoms with van der Waals surface area (Å²) in [5, 5.41) is 5.70. The fraction of sp³-hybridized carbons (Fsp3) is 0.450. The number of anilines is 1. The SMILES string of the molecule is COCCNC(=O)CN1C(=O)C(C)Oc2ccc(-c3csc(CCOC)n3)cc21. The molecule has 29 heavy (non-hydrogen) atoms. The van der Waals surface area contributed by atoms with Crippen LogP contribution in [-0.4, -0.2) is 63.4 Å². The highest BCUT2D eigenvalue weighted by molar-refractivity contribution is 7.09. The molecule has 1 atom stereocenters. The summed E-state index contributed by atoms with van der Waals surface area (Å²) in [6, 6.07) is 5.57. The lowest BCUT2D eigenvalue weighted by Crippen LogP contribution is -2.49. The van der Waals surface area contributed by atoms with E-state index in [4.69, 9.17) is 14.2 Å². The van der Waals surface area contributed by atoms with Crippen LogP contribution in [0.5, 0.6) is 5.75 Å². The number of nitrogens with zero attached hydrogens (tertiary/aromatic N) is 2. The molecule has 8 nitrogen and oxygen atoms in total. The predicted molar refractivity (Wildman–Crippen MR) is 110 cm³/mol. The van der Waals surface area contributed by atoms with Gasteiger partial charge in [0.15, 0.2) is 6.10 Å². The van der Waals surface area contributed by atoms with Crippen molar-refractivity contribution >= 4 is 28.8 Å². The molecular weight excluding hydrogens is 394 g/mol. The number of hydrogen-bond donors (Lipinski definition) is 1. The summed E-state index contributed by atoms with van der Waals surface area (Å²) in [6.07, 6.45) is 0.0963. The van der Waals surface area contributed by atoms with Gasteiger partial charge in [0.25, 0.3) is 5.91 Å². The van der Waals surface area contributed by atoms with Crippen molar-refractivity contribution in [3.8, 4) is 17.0 Å². The van der Waals surface area contributed by atoms with Gasteiger partial charge in [0, 0.05) is 38.1 Å². The molecule has 0 saturated heterocycles. The standard InChI is InChI=1S/C20H25N3O5S/c1-13-20(25)23(11-18(24)21-7-9-27-3)16-10-14(4-5-17(16)28-13)15-12-29-19(22-15)6-8-26-2/h4-5,10,12-13H,6-9,11H2,1-3H3,(H,21,24). The molecule has 0 radical (unpaired) electrons. The Kier molecular flexibility index (Phi) is 7.18. The van der Waals surface area contributed by atoms with Crippen molar-refractivity contribution < 1.29 is 23.8 Å². The Morgan fingerprint density at radius 1 is 1.31 bits per heavy atom. The maximum Gasteiger partial charge on any atom is 0.268 e. The number of carbonyl (C=O) groups is 2.